The largest absolute Gasteiger partial charge is 0.493 e. The first-order valence-electron chi connectivity index (χ1n) is 6.35. The van der Waals surface area contributed by atoms with E-state index in [4.69, 9.17) is 9.47 Å². The lowest BCUT2D eigenvalue weighted by Crippen LogP contribution is -2.15. The van der Waals surface area contributed by atoms with Crippen molar-refractivity contribution in [1.29, 1.82) is 0 Å². The van der Waals surface area contributed by atoms with Crippen LogP contribution in [-0.4, -0.2) is 31.8 Å². The lowest BCUT2D eigenvalue weighted by Gasteiger charge is -2.12. The quantitative estimate of drug-likeness (QED) is 0.734. The van der Waals surface area contributed by atoms with Crippen molar-refractivity contribution >= 4 is 11.8 Å². The van der Waals surface area contributed by atoms with Crippen LogP contribution in [-0.2, 0) is 6.54 Å². The molecule has 1 aliphatic carbocycles. The third kappa shape index (κ3) is 4.10. The summed E-state index contributed by atoms with van der Waals surface area (Å²) in [6, 6.07) is 6.90. The number of hydrogen-bond donors (Lipinski definition) is 1. The van der Waals surface area contributed by atoms with Gasteiger partial charge in [-0.3, -0.25) is 0 Å². The Morgan fingerprint density at radius 2 is 2.17 bits per heavy atom. The van der Waals surface area contributed by atoms with Gasteiger partial charge >= 0.3 is 0 Å². The number of methoxy groups -OCH3 is 1. The van der Waals surface area contributed by atoms with E-state index in [1.807, 2.05) is 6.07 Å². The number of nitrogens with one attached hydrogen (secondary N) is 1. The zero-order valence-corrected chi connectivity index (χ0v) is 11.9. The van der Waals surface area contributed by atoms with Crippen molar-refractivity contribution in [3.63, 3.8) is 0 Å². The van der Waals surface area contributed by atoms with Crippen LogP contribution in [0, 0.1) is 0 Å². The van der Waals surface area contributed by atoms with Crippen molar-refractivity contribution in [2.45, 2.75) is 25.4 Å². The lowest BCUT2D eigenvalue weighted by molar-refractivity contribution is 0.313. The number of benzene rings is 1. The van der Waals surface area contributed by atoms with Gasteiger partial charge in [-0.25, -0.2) is 0 Å². The molecule has 1 fully saturated rings. The molecule has 1 aromatic carbocycles. The van der Waals surface area contributed by atoms with E-state index in [1.165, 1.54) is 18.4 Å². The molecule has 4 heteroatoms. The number of thioether (sulfide) groups is 1. The van der Waals surface area contributed by atoms with Gasteiger partial charge in [0.05, 0.1) is 13.7 Å². The molecule has 0 unspecified atom stereocenters. The molecule has 0 atom stereocenters. The summed E-state index contributed by atoms with van der Waals surface area (Å²) in [7, 11) is 1.69. The number of hydrogen-bond acceptors (Lipinski definition) is 4. The van der Waals surface area contributed by atoms with Gasteiger partial charge in [-0.05, 0) is 36.8 Å². The van der Waals surface area contributed by atoms with E-state index in [-0.39, 0.29) is 0 Å². The molecule has 0 spiro atoms. The molecule has 0 aromatic heterocycles. The highest BCUT2D eigenvalue weighted by Crippen LogP contribution is 2.28. The number of rotatable bonds is 8. The van der Waals surface area contributed by atoms with Gasteiger partial charge in [0.15, 0.2) is 11.5 Å². The minimum atomic E-state index is 0.719. The summed E-state index contributed by atoms with van der Waals surface area (Å²) in [6.45, 7) is 1.63. The van der Waals surface area contributed by atoms with Crippen LogP contribution < -0.4 is 14.8 Å². The van der Waals surface area contributed by atoms with E-state index >= 15 is 0 Å². The second kappa shape index (κ2) is 6.90. The summed E-state index contributed by atoms with van der Waals surface area (Å²) in [6.07, 6.45) is 4.70. The molecular weight excluding hydrogens is 246 g/mol. The molecule has 1 N–H and O–H groups in total. The lowest BCUT2D eigenvalue weighted by atomic mass is 10.2. The highest BCUT2D eigenvalue weighted by Gasteiger charge is 2.20. The van der Waals surface area contributed by atoms with Gasteiger partial charge in [0, 0.05) is 18.3 Å². The first kappa shape index (κ1) is 13.6. The monoisotopic (exact) mass is 267 g/mol. The fourth-order valence-corrected chi connectivity index (χ4v) is 1.98. The highest BCUT2D eigenvalue weighted by molar-refractivity contribution is 7.98. The normalized spacial score (nSPS) is 14.6. The van der Waals surface area contributed by atoms with Gasteiger partial charge in [-0.1, -0.05) is 6.07 Å². The van der Waals surface area contributed by atoms with E-state index in [2.05, 4.69) is 23.7 Å². The molecule has 0 amide bonds. The molecule has 1 aliphatic rings. The Balaban J connectivity index is 1.92. The second-order valence-electron chi connectivity index (χ2n) is 4.48. The third-order valence-electron chi connectivity index (χ3n) is 2.95. The van der Waals surface area contributed by atoms with Crippen molar-refractivity contribution in [2.75, 3.05) is 25.7 Å². The molecule has 3 nitrogen and oxygen atoms in total. The Kier molecular flexibility index (Phi) is 5.20. The van der Waals surface area contributed by atoms with Crippen molar-refractivity contribution in [2.24, 2.45) is 0 Å². The van der Waals surface area contributed by atoms with Gasteiger partial charge in [0.25, 0.3) is 0 Å². The molecular formula is C14H21NO2S. The Morgan fingerprint density at radius 1 is 1.33 bits per heavy atom. The maximum atomic E-state index is 5.70. The molecule has 1 aromatic rings. The topological polar surface area (TPSA) is 30.5 Å². The average Bonchev–Trinajstić information content (AvgIpc) is 3.21. The second-order valence-corrected chi connectivity index (χ2v) is 5.47. The van der Waals surface area contributed by atoms with Gasteiger partial charge in [0.1, 0.15) is 0 Å². The summed E-state index contributed by atoms with van der Waals surface area (Å²) >= 11 is 1.78. The van der Waals surface area contributed by atoms with Gasteiger partial charge < -0.3 is 14.8 Å². The first-order chi connectivity index (χ1) is 8.83. The smallest absolute Gasteiger partial charge is 0.161 e. The maximum Gasteiger partial charge on any atom is 0.161 e. The fraction of sp³-hybridized carbons (Fsp3) is 0.571. The van der Waals surface area contributed by atoms with Crippen molar-refractivity contribution in [3.05, 3.63) is 23.8 Å². The Labute approximate surface area is 113 Å². The summed E-state index contributed by atoms with van der Waals surface area (Å²) < 4.78 is 11.1. The van der Waals surface area contributed by atoms with Crippen LogP contribution in [0.5, 0.6) is 11.5 Å². The van der Waals surface area contributed by atoms with Crippen LogP contribution >= 0.6 is 11.8 Å². The zero-order chi connectivity index (χ0) is 12.8. The molecule has 2 rings (SSSR count). The van der Waals surface area contributed by atoms with Crippen LogP contribution in [0.2, 0.25) is 0 Å². The molecule has 0 aliphatic heterocycles. The van der Waals surface area contributed by atoms with Crippen LogP contribution in [0.3, 0.4) is 0 Å². The predicted octanol–water partition coefficient (Wildman–Crippen LogP) is 2.69. The van der Waals surface area contributed by atoms with Gasteiger partial charge in [0.2, 0.25) is 0 Å². The third-order valence-corrected chi connectivity index (χ3v) is 3.52. The van der Waals surface area contributed by atoms with Crippen LogP contribution in [0.4, 0.5) is 0 Å². The standard InChI is InChI=1S/C14H21NO2S/c1-16-14-9-11(10-15-12-4-5-12)3-6-13(14)17-7-8-18-2/h3,6,9,12,15H,4-5,7-8,10H2,1-2H3. The highest BCUT2D eigenvalue weighted by atomic mass is 32.2. The molecule has 0 radical (unpaired) electrons. The summed E-state index contributed by atoms with van der Waals surface area (Å²) in [5.74, 6) is 2.65. The summed E-state index contributed by atoms with van der Waals surface area (Å²) in [5, 5.41) is 3.50. The van der Waals surface area contributed by atoms with Gasteiger partial charge in [-0.2, -0.15) is 11.8 Å². The minimum Gasteiger partial charge on any atom is -0.493 e. The molecule has 0 saturated heterocycles. The Bertz CT molecular complexity index is 380. The van der Waals surface area contributed by atoms with E-state index < -0.39 is 0 Å². The SMILES string of the molecule is COc1cc(CNC2CC2)ccc1OCCSC. The van der Waals surface area contributed by atoms with E-state index in [9.17, 15) is 0 Å². The zero-order valence-electron chi connectivity index (χ0n) is 11.1. The molecule has 0 bridgehead atoms. The maximum absolute atomic E-state index is 5.70. The van der Waals surface area contributed by atoms with E-state index in [1.54, 1.807) is 18.9 Å². The summed E-state index contributed by atoms with van der Waals surface area (Å²) in [5.41, 5.74) is 1.25. The Morgan fingerprint density at radius 3 is 2.83 bits per heavy atom. The van der Waals surface area contributed by atoms with Crippen molar-refractivity contribution < 1.29 is 9.47 Å². The van der Waals surface area contributed by atoms with Crippen molar-refractivity contribution in [1.82, 2.24) is 5.32 Å². The van der Waals surface area contributed by atoms with Crippen molar-refractivity contribution in [3.8, 4) is 11.5 Å². The average molecular weight is 267 g/mol. The molecule has 0 heterocycles. The fourth-order valence-electron chi connectivity index (χ4n) is 1.73. The van der Waals surface area contributed by atoms with Gasteiger partial charge in [-0.15, -0.1) is 0 Å². The van der Waals surface area contributed by atoms with Crippen LogP contribution in [0.25, 0.3) is 0 Å². The molecule has 18 heavy (non-hydrogen) atoms. The van der Waals surface area contributed by atoms with E-state index in [0.717, 1.165) is 36.4 Å². The van der Waals surface area contributed by atoms with E-state index in [0.29, 0.717) is 0 Å². The number of ether oxygens (including phenoxy) is 2. The minimum absolute atomic E-state index is 0.719. The van der Waals surface area contributed by atoms with Crippen LogP contribution in [0.15, 0.2) is 18.2 Å². The summed E-state index contributed by atoms with van der Waals surface area (Å²) in [4.78, 5) is 0. The Hall–Kier alpha value is -0.870. The molecule has 1 saturated carbocycles. The molecule has 100 valence electrons. The predicted molar refractivity (Wildman–Crippen MR) is 76.7 cm³/mol. The van der Waals surface area contributed by atoms with Crippen LogP contribution in [0.1, 0.15) is 18.4 Å². The first-order valence-corrected chi connectivity index (χ1v) is 7.75.